The van der Waals surface area contributed by atoms with E-state index in [0.717, 1.165) is 0 Å². The van der Waals surface area contributed by atoms with Gasteiger partial charge in [-0.05, 0) is 30.3 Å². The fourth-order valence-corrected chi connectivity index (χ4v) is 2.03. The molecule has 0 spiro atoms. The van der Waals surface area contributed by atoms with Gasteiger partial charge < -0.3 is 15.5 Å². The number of anilines is 1. The van der Waals surface area contributed by atoms with Crippen LogP contribution in [0.1, 0.15) is 20.7 Å². The third-order valence-corrected chi connectivity index (χ3v) is 3.10. The zero-order valence-electron chi connectivity index (χ0n) is 10.1. The SMILES string of the molecule is O=C(O)c1ccccc1C(=O)Nc1cc(Br)ccc1O. The summed E-state index contributed by atoms with van der Waals surface area (Å²) in [6.07, 6.45) is 0. The minimum absolute atomic E-state index is 0.0272. The maximum Gasteiger partial charge on any atom is 0.336 e. The van der Waals surface area contributed by atoms with Crippen LogP contribution in [0.4, 0.5) is 5.69 Å². The number of benzene rings is 2. The van der Waals surface area contributed by atoms with E-state index in [0.29, 0.717) is 4.47 Å². The Morgan fingerprint density at radius 2 is 1.70 bits per heavy atom. The number of carbonyl (C=O) groups excluding carboxylic acids is 1. The number of phenols is 1. The molecule has 3 N–H and O–H groups in total. The van der Waals surface area contributed by atoms with Crippen LogP contribution >= 0.6 is 15.9 Å². The minimum atomic E-state index is -1.19. The lowest BCUT2D eigenvalue weighted by Crippen LogP contribution is -2.16. The number of amides is 1. The van der Waals surface area contributed by atoms with Crippen LogP contribution in [0.15, 0.2) is 46.9 Å². The molecule has 20 heavy (non-hydrogen) atoms. The highest BCUT2D eigenvalue weighted by Crippen LogP contribution is 2.27. The predicted molar refractivity (Wildman–Crippen MR) is 77.2 cm³/mol. The molecule has 0 saturated carbocycles. The Bertz CT molecular complexity index is 685. The highest BCUT2D eigenvalue weighted by atomic mass is 79.9. The van der Waals surface area contributed by atoms with Gasteiger partial charge in [0, 0.05) is 4.47 Å². The van der Waals surface area contributed by atoms with E-state index in [-0.39, 0.29) is 22.6 Å². The quantitative estimate of drug-likeness (QED) is 0.752. The number of aromatic hydroxyl groups is 1. The average Bonchev–Trinajstić information content (AvgIpc) is 2.42. The first-order valence-electron chi connectivity index (χ1n) is 5.61. The topological polar surface area (TPSA) is 86.6 Å². The van der Waals surface area contributed by atoms with Crippen LogP contribution in [0.3, 0.4) is 0 Å². The van der Waals surface area contributed by atoms with E-state index < -0.39 is 11.9 Å². The van der Waals surface area contributed by atoms with Crippen molar-refractivity contribution in [2.24, 2.45) is 0 Å². The van der Waals surface area contributed by atoms with Crippen molar-refractivity contribution in [2.75, 3.05) is 5.32 Å². The molecule has 0 bridgehead atoms. The average molecular weight is 336 g/mol. The van der Waals surface area contributed by atoms with Gasteiger partial charge in [0.1, 0.15) is 5.75 Å². The number of carboxylic acid groups (broad SMARTS) is 1. The van der Waals surface area contributed by atoms with Crippen molar-refractivity contribution in [1.82, 2.24) is 0 Å². The Kier molecular flexibility index (Phi) is 4.05. The van der Waals surface area contributed by atoms with E-state index in [1.807, 2.05) is 0 Å². The van der Waals surface area contributed by atoms with Crippen molar-refractivity contribution >= 4 is 33.5 Å². The van der Waals surface area contributed by atoms with Crippen LogP contribution in [-0.2, 0) is 0 Å². The largest absolute Gasteiger partial charge is 0.506 e. The lowest BCUT2D eigenvalue weighted by atomic mass is 10.1. The molecule has 0 aromatic heterocycles. The van der Waals surface area contributed by atoms with Gasteiger partial charge in [0.15, 0.2) is 0 Å². The second-order valence-electron chi connectivity index (χ2n) is 3.97. The van der Waals surface area contributed by atoms with Gasteiger partial charge in [-0.3, -0.25) is 4.79 Å². The summed E-state index contributed by atoms with van der Waals surface area (Å²) in [4.78, 5) is 23.2. The summed E-state index contributed by atoms with van der Waals surface area (Å²) in [5.41, 5.74) is 0.128. The number of hydrogen-bond donors (Lipinski definition) is 3. The van der Waals surface area contributed by atoms with E-state index >= 15 is 0 Å². The molecule has 0 aliphatic heterocycles. The van der Waals surface area contributed by atoms with Crippen LogP contribution in [0.2, 0.25) is 0 Å². The minimum Gasteiger partial charge on any atom is -0.506 e. The first-order valence-corrected chi connectivity index (χ1v) is 6.40. The predicted octanol–water partition coefficient (Wildman–Crippen LogP) is 3.11. The van der Waals surface area contributed by atoms with Gasteiger partial charge in [-0.25, -0.2) is 4.79 Å². The number of rotatable bonds is 3. The second kappa shape index (κ2) is 5.75. The van der Waals surface area contributed by atoms with Crippen LogP contribution in [0.5, 0.6) is 5.75 Å². The Hall–Kier alpha value is -2.34. The summed E-state index contributed by atoms with van der Waals surface area (Å²) >= 11 is 3.22. The van der Waals surface area contributed by atoms with Crippen molar-refractivity contribution in [2.45, 2.75) is 0 Å². The van der Waals surface area contributed by atoms with Crippen molar-refractivity contribution < 1.29 is 19.8 Å². The maximum atomic E-state index is 12.1. The Morgan fingerprint density at radius 1 is 1.05 bits per heavy atom. The Labute approximate surface area is 123 Å². The summed E-state index contributed by atoms with van der Waals surface area (Å²) < 4.78 is 0.678. The van der Waals surface area contributed by atoms with Crippen LogP contribution in [0.25, 0.3) is 0 Å². The van der Waals surface area contributed by atoms with Crippen molar-refractivity contribution in [3.63, 3.8) is 0 Å². The van der Waals surface area contributed by atoms with Crippen molar-refractivity contribution in [3.8, 4) is 5.75 Å². The number of hydrogen-bond acceptors (Lipinski definition) is 3. The molecule has 5 nitrogen and oxygen atoms in total. The van der Waals surface area contributed by atoms with Gasteiger partial charge in [0.05, 0.1) is 16.8 Å². The first-order chi connectivity index (χ1) is 9.49. The number of aromatic carboxylic acids is 1. The molecule has 0 aliphatic rings. The fraction of sp³-hybridized carbons (Fsp3) is 0. The number of halogens is 1. The Morgan fingerprint density at radius 3 is 2.35 bits per heavy atom. The molecular formula is C14H10BrNO4. The molecule has 102 valence electrons. The van der Waals surface area contributed by atoms with Gasteiger partial charge in [-0.2, -0.15) is 0 Å². The molecule has 6 heteroatoms. The van der Waals surface area contributed by atoms with Gasteiger partial charge in [0.25, 0.3) is 5.91 Å². The normalized spacial score (nSPS) is 10.1. The highest BCUT2D eigenvalue weighted by Gasteiger charge is 2.16. The molecule has 0 aliphatic carbocycles. The van der Waals surface area contributed by atoms with Crippen LogP contribution in [-0.4, -0.2) is 22.1 Å². The monoisotopic (exact) mass is 335 g/mol. The van der Waals surface area contributed by atoms with Crippen molar-refractivity contribution in [3.05, 3.63) is 58.1 Å². The lowest BCUT2D eigenvalue weighted by Gasteiger charge is -2.09. The smallest absolute Gasteiger partial charge is 0.336 e. The lowest BCUT2D eigenvalue weighted by molar-refractivity contribution is 0.0692. The summed E-state index contributed by atoms with van der Waals surface area (Å²) in [6.45, 7) is 0. The highest BCUT2D eigenvalue weighted by molar-refractivity contribution is 9.10. The molecule has 0 heterocycles. The molecule has 0 saturated heterocycles. The number of carbonyl (C=O) groups is 2. The van der Waals surface area contributed by atoms with Gasteiger partial charge in [0.2, 0.25) is 0 Å². The van der Waals surface area contributed by atoms with E-state index in [4.69, 9.17) is 5.11 Å². The maximum absolute atomic E-state index is 12.1. The fourth-order valence-electron chi connectivity index (χ4n) is 1.67. The Balaban J connectivity index is 2.33. The standard InChI is InChI=1S/C14H10BrNO4/c15-8-5-6-12(17)11(7-8)16-13(18)9-3-1-2-4-10(9)14(19)20/h1-7,17H,(H,16,18)(H,19,20). The zero-order valence-corrected chi connectivity index (χ0v) is 11.7. The molecule has 2 aromatic rings. The van der Waals surface area contributed by atoms with E-state index in [9.17, 15) is 14.7 Å². The van der Waals surface area contributed by atoms with Gasteiger partial charge in [-0.1, -0.05) is 28.1 Å². The molecule has 0 atom stereocenters. The van der Waals surface area contributed by atoms with Gasteiger partial charge in [-0.15, -0.1) is 0 Å². The molecule has 0 fully saturated rings. The molecule has 1 amide bonds. The molecule has 2 rings (SSSR count). The van der Waals surface area contributed by atoms with Crippen LogP contribution < -0.4 is 5.32 Å². The summed E-state index contributed by atoms with van der Waals surface area (Å²) in [6, 6.07) is 10.4. The van der Waals surface area contributed by atoms with E-state index in [1.165, 1.54) is 30.3 Å². The van der Waals surface area contributed by atoms with Crippen LogP contribution in [0, 0.1) is 0 Å². The number of nitrogens with one attached hydrogen (secondary N) is 1. The molecule has 0 radical (unpaired) electrons. The zero-order chi connectivity index (χ0) is 14.7. The summed E-state index contributed by atoms with van der Waals surface area (Å²) in [5, 5.41) is 21.2. The second-order valence-corrected chi connectivity index (χ2v) is 4.88. The van der Waals surface area contributed by atoms with Crippen molar-refractivity contribution in [1.29, 1.82) is 0 Å². The molecular weight excluding hydrogens is 326 g/mol. The molecule has 0 unspecified atom stereocenters. The van der Waals surface area contributed by atoms with Gasteiger partial charge >= 0.3 is 5.97 Å². The number of phenolic OH excluding ortho intramolecular Hbond substituents is 1. The third kappa shape index (κ3) is 2.97. The first kappa shape index (κ1) is 14.1. The third-order valence-electron chi connectivity index (χ3n) is 2.61. The number of carboxylic acids is 1. The molecule has 2 aromatic carbocycles. The van der Waals surface area contributed by atoms with E-state index in [2.05, 4.69) is 21.2 Å². The van der Waals surface area contributed by atoms with E-state index in [1.54, 1.807) is 12.1 Å². The summed E-state index contributed by atoms with van der Waals surface area (Å²) in [7, 11) is 0. The summed E-state index contributed by atoms with van der Waals surface area (Å²) in [5.74, 6) is -1.89.